The van der Waals surface area contributed by atoms with E-state index in [0.717, 1.165) is 31.6 Å². The van der Waals surface area contributed by atoms with Crippen LogP contribution in [0.3, 0.4) is 0 Å². The van der Waals surface area contributed by atoms with E-state index in [2.05, 4.69) is 23.4 Å². The van der Waals surface area contributed by atoms with Gasteiger partial charge in [0.25, 0.3) is 0 Å². The molecule has 0 unspecified atom stereocenters. The largest absolute Gasteiger partial charge is 0.335 e. The summed E-state index contributed by atoms with van der Waals surface area (Å²) in [6.45, 7) is 8.08. The van der Waals surface area contributed by atoms with Crippen LogP contribution in [0.2, 0.25) is 0 Å². The van der Waals surface area contributed by atoms with E-state index in [-0.39, 0.29) is 16.9 Å². The van der Waals surface area contributed by atoms with Crippen LogP contribution in [0.4, 0.5) is 0 Å². The van der Waals surface area contributed by atoms with E-state index >= 15 is 0 Å². The van der Waals surface area contributed by atoms with E-state index in [1.54, 1.807) is 6.20 Å². The van der Waals surface area contributed by atoms with E-state index in [9.17, 15) is 8.42 Å². The monoisotopic (exact) mass is 337 g/mol. The van der Waals surface area contributed by atoms with Crippen molar-refractivity contribution in [1.82, 2.24) is 13.9 Å². The van der Waals surface area contributed by atoms with Crippen LogP contribution in [0.1, 0.15) is 45.4 Å². The Morgan fingerprint density at radius 3 is 2.78 bits per heavy atom. The Morgan fingerprint density at radius 1 is 1.35 bits per heavy atom. The summed E-state index contributed by atoms with van der Waals surface area (Å²) < 4.78 is 29.6. The topological polar surface area (TPSA) is 55.2 Å². The van der Waals surface area contributed by atoms with Gasteiger partial charge in [-0.2, -0.15) is 4.31 Å². The maximum atomic E-state index is 12.8. The van der Waals surface area contributed by atoms with Gasteiger partial charge >= 0.3 is 0 Å². The molecule has 0 aromatic carbocycles. The molecule has 2 aliphatic carbocycles. The quantitative estimate of drug-likeness (QED) is 0.848. The SMILES string of the molecule is Cc1nccn1CCCN1[C@H]2C[C@H]3CC[C@@]2(CS1(=O)=O)C3(C)C. The Kier molecular flexibility index (Phi) is 3.28. The van der Waals surface area contributed by atoms with Crippen LogP contribution < -0.4 is 0 Å². The van der Waals surface area contributed by atoms with Crippen molar-refractivity contribution in [3.05, 3.63) is 18.2 Å². The molecule has 23 heavy (non-hydrogen) atoms. The minimum atomic E-state index is -3.10. The number of nitrogens with zero attached hydrogens (tertiary/aromatic N) is 3. The lowest BCUT2D eigenvalue weighted by atomic mass is 9.69. The highest BCUT2D eigenvalue weighted by molar-refractivity contribution is 7.89. The molecule has 6 heteroatoms. The summed E-state index contributed by atoms with van der Waals surface area (Å²) in [4.78, 5) is 4.23. The molecular formula is C17H27N3O2S. The zero-order valence-corrected chi connectivity index (χ0v) is 15.1. The van der Waals surface area contributed by atoms with Gasteiger partial charge in [-0.3, -0.25) is 0 Å². The maximum Gasteiger partial charge on any atom is 0.215 e. The van der Waals surface area contributed by atoms with Gasteiger partial charge in [0.1, 0.15) is 5.82 Å². The summed E-state index contributed by atoms with van der Waals surface area (Å²) in [5, 5.41) is 0. The first-order valence-electron chi connectivity index (χ1n) is 8.75. The van der Waals surface area contributed by atoms with Crippen LogP contribution in [0.15, 0.2) is 12.4 Å². The number of aromatic nitrogens is 2. The summed E-state index contributed by atoms with van der Waals surface area (Å²) >= 11 is 0. The van der Waals surface area contributed by atoms with E-state index in [0.29, 0.717) is 18.2 Å². The van der Waals surface area contributed by atoms with Crippen molar-refractivity contribution in [3.63, 3.8) is 0 Å². The number of imidazole rings is 1. The van der Waals surface area contributed by atoms with Crippen molar-refractivity contribution in [2.24, 2.45) is 16.7 Å². The molecule has 2 bridgehead atoms. The third-order valence-electron chi connectivity index (χ3n) is 7.23. The number of fused-ring (bicyclic) bond motifs is 1. The first kappa shape index (κ1) is 15.6. The number of hydrogen-bond acceptors (Lipinski definition) is 3. The van der Waals surface area contributed by atoms with Crippen molar-refractivity contribution in [2.45, 2.75) is 59.0 Å². The minimum Gasteiger partial charge on any atom is -0.335 e. The normalized spacial score (nSPS) is 37.3. The highest BCUT2D eigenvalue weighted by Crippen LogP contribution is 2.69. The van der Waals surface area contributed by atoms with Crippen LogP contribution in [0.25, 0.3) is 0 Å². The van der Waals surface area contributed by atoms with Gasteiger partial charge in [-0.15, -0.1) is 0 Å². The van der Waals surface area contributed by atoms with Crippen molar-refractivity contribution in [2.75, 3.05) is 12.3 Å². The molecule has 1 spiro atoms. The molecule has 1 aromatic rings. The Hall–Kier alpha value is -0.880. The molecule has 0 amide bonds. The fourth-order valence-corrected chi connectivity index (χ4v) is 8.31. The van der Waals surface area contributed by atoms with Crippen LogP contribution in [-0.2, 0) is 16.6 Å². The summed E-state index contributed by atoms with van der Waals surface area (Å²) in [7, 11) is -3.10. The standard InChI is InChI=1S/C17H27N3O2S/c1-13-18-7-10-19(13)8-4-9-20-15-11-14-5-6-17(15,16(14,2)3)12-23(20,21)22/h7,10,14-15H,4-6,8-9,11-12H2,1-3H3/t14-,15+,17+/m1/s1. The first-order valence-corrected chi connectivity index (χ1v) is 10.4. The van der Waals surface area contributed by atoms with E-state index in [1.807, 2.05) is 17.4 Å². The molecule has 2 saturated carbocycles. The zero-order chi connectivity index (χ0) is 16.5. The average Bonchev–Trinajstić information content (AvgIpc) is 3.10. The zero-order valence-electron chi connectivity index (χ0n) is 14.3. The minimum absolute atomic E-state index is 0.00141. The van der Waals surface area contributed by atoms with Gasteiger partial charge in [0.05, 0.1) is 5.75 Å². The van der Waals surface area contributed by atoms with Gasteiger partial charge in [0.15, 0.2) is 0 Å². The van der Waals surface area contributed by atoms with Crippen molar-refractivity contribution >= 4 is 10.0 Å². The highest BCUT2D eigenvalue weighted by Gasteiger charge is 2.71. The molecule has 1 aromatic heterocycles. The Morgan fingerprint density at radius 2 is 2.13 bits per heavy atom. The molecule has 0 radical (unpaired) electrons. The second-order valence-electron chi connectivity index (χ2n) is 8.25. The molecule has 3 atom stereocenters. The molecule has 5 nitrogen and oxygen atoms in total. The van der Waals surface area contributed by atoms with Crippen LogP contribution in [0.5, 0.6) is 0 Å². The molecule has 1 saturated heterocycles. The predicted octanol–water partition coefficient (Wildman–Crippen LogP) is 2.42. The van der Waals surface area contributed by atoms with Crippen molar-refractivity contribution in [3.8, 4) is 0 Å². The number of rotatable bonds is 4. The van der Waals surface area contributed by atoms with Crippen LogP contribution >= 0.6 is 0 Å². The predicted molar refractivity (Wildman–Crippen MR) is 89.4 cm³/mol. The Balaban J connectivity index is 1.52. The number of hydrogen-bond donors (Lipinski definition) is 0. The summed E-state index contributed by atoms with van der Waals surface area (Å²) in [6, 6.07) is 0.241. The maximum absolute atomic E-state index is 12.8. The first-order chi connectivity index (χ1) is 10.8. The molecule has 3 fully saturated rings. The summed E-state index contributed by atoms with van der Waals surface area (Å²) in [5.41, 5.74) is 0.168. The number of sulfonamides is 1. The van der Waals surface area contributed by atoms with E-state index in [4.69, 9.17) is 0 Å². The summed E-state index contributed by atoms with van der Waals surface area (Å²) in [6.07, 6.45) is 7.99. The van der Waals surface area contributed by atoms with Crippen LogP contribution in [0, 0.1) is 23.7 Å². The third kappa shape index (κ3) is 2.00. The second kappa shape index (κ2) is 4.82. The van der Waals surface area contributed by atoms with Crippen LogP contribution in [-0.4, -0.2) is 40.6 Å². The Labute approximate surface area is 139 Å². The second-order valence-corrected chi connectivity index (χ2v) is 10.2. The molecule has 3 aliphatic rings. The lowest BCUT2D eigenvalue weighted by Gasteiger charge is -2.37. The third-order valence-corrected chi connectivity index (χ3v) is 9.27. The molecule has 4 rings (SSSR count). The summed E-state index contributed by atoms with van der Waals surface area (Å²) in [5.74, 6) is 2.06. The van der Waals surface area contributed by atoms with Gasteiger partial charge in [0.2, 0.25) is 10.0 Å². The van der Waals surface area contributed by atoms with Crippen molar-refractivity contribution < 1.29 is 8.42 Å². The highest BCUT2D eigenvalue weighted by atomic mass is 32.2. The fraction of sp³-hybridized carbons (Fsp3) is 0.824. The van der Waals surface area contributed by atoms with Gasteiger partial charge in [-0.1, -0.05) is 13.8 Å². The molecule has 1 aliphatic heterocycles. The van der Waals surface area contributed by atoms with E-state index in [1.165, 1.54) is 6.42 Å². The Bertz CT molecular complexity index is 724. The van der Waals surface area contributed by atoms with E-state index < -0.39 is 10.0 Å². The lowest BCUT2D eigenvalue weighted by Crippen LogP contribution is -2.42. The van der Waals surface area contributed by atoms with Gasteiger partial charge in [0, 0.05) is 36.9 Å². The lowest BCUT2D eigenvalue weighted by molar-refractivity contribution is 0.113. The smallest absolute Gasteiger partial charge is 0.215 e. The number of aryl methyl sites for hydroxylation is 2. The molecule has 128 valence electrons. The van der Waals surface area contributed by atoms with Gasteiger partial charge < -0.3 is 4.57 Å². The average molecular weight is 337 g/mol. The fourth-order valence-electron chi connectivity index (χ4n) is 5.71. The molecule has 2 heterocycles. The van der Waals surface area contributed by atoms with Gasteiger partial charge in [-0.05, 0) is 43.9 Å². The molecular weight excluding hydrogens is 310 g/mol. The van der Waals surface area contributed by atoms with Crippen molar-refractivity contribution in [1.29, 1.82) is 0 Å². The molecule has 0 N–H and O–H groups in total. The van der Waals surface area contributed by atoms with Gasteiger partial charge in [-0.25, -0.2) is 13.4 Å².